The van der Waals surface area contributed by atoms with Crippen LogP contribution in [-0.4, -0.2) is 68.5 Å². The molecule has 69 heavy (non-hydrogen) atoms. The Labute approximate surface area is 431 Å². The third kappa shape index (κ3) is 54.8. The molecule has 0 aliphatic carbocycles. The monoisotopic (exact) mass is 997 g/mol. The van der Waals surface area contributed by atoms with E-state index < -0.39 is 20.0 Å². The maximum atomic E-state index is 12.9. The maximum absolute atomic E-state index is 12.9. The first-order chi connectivity index (χ1) is 33.5. The lowest BCUT2D eigenvalue weighted by molar-refractivity contribution is -0.870. The van der Waals surface area contributed by atoms with Gasteiger partial charge in [0.15, 0.2) is 0 Å². The SMILES string of the molecule is CCCCCCC/C=C\CCCCCCCC(=O)NC(COP(=O)([O-])OCC[N+](C)(C)C)C(O)CCCCCCCCCCCCCCCCCCCCCCCCCCCCCCCCCCC. The van der Waals surface area contributed by atoms with Crippen molar-refractivity contribution in [2.45, 2.75) is 328 Å². The molecule has 0 saturated heterocycles. The number of allylic oxidation sites excluding steroid dienone is 2. The molecular formula is C60H121N2O6P. The summed E-state index contributed by atoms with van der Waals surface area (Å²) in [4.78, 5) is 25.5. The normalized spacial score (nSPS) is 13.9. The average Bonchev–Trinajstić information content (AvgIpc) is 3.31. The fourth-order valence-corrected chi connectivity index (χ4v) is 10.2. The van der Waals surface area contributed by atoms with Crippen molar-refractivity contribution >= 4 is 13.7 Å². The zero-order valence-corrected chi connectivity index (χ0v) is 47.9. The summed E-state index contributed by atoms with van der Waals surface area (Å²) >= 11 is 0. The second kappa shape index (κ2) is 52.1. The van der Waals surface area contributed by atoms with Crippen molar-refractivity contribution in [3.8, 4) is 0 Å². The minimum Gasteiger partial charge on any atom is -0.756 e. The Kier molecular flexibility index (Phi) is 51.5. The number of phosphoric ester groups is 1. The van der Waals surface area contributed by atoms with E-state index in [1.54, 1.807) is 0 Å². The van der Waals surface area contributed by atoms with Crippen molar-refractivity contribution in [1.29, 1.82) is 0 Å². The van der Waals surface area contributed by atoms with Gasteiger partial charge in [-0.25, -0.2) is 0 Å². The molecule has 0 spiro atoms. The first-order valence-electron chi connectivity index (χ1n) is 30.5. The number of rotatable bonds is 57. The van der Waals surface area contributed by atoms with Crippen molar-refractivity contribution in [3.63, 3.8) is 0 Å². The third-order valence-electron chi connectivity index (χ3n) is 14.3. The third-order valence-corrected chi connectivity index (χ3v) is 15.2. The van der Waals surface area contributed by atoms with Gasteiger partial charge < -0.3 is 28.8 Å². The molecule has 0 radical (unpaired) electrons. The number of carbonyl (C=O) groups excluding carboxylic acids is 1. The molecule has 0 fully saturated rings. The lowest BCUT2D eigenvalue weighted by Gasteiger charge is -2.30. The van der Waals surface area contributed by atoms with Gasteiger partial charge in [-0.1, -0.05) is 283 Å². The molecule has 3 unspecified atom stereocenters. The van der Waals surface area contributed by atoms with E-state index in [4.69, 9.17) is 9.05 Å². The van der Waals surface area contributed by atoms with Crippen molar-refractivity contribution in [2.75, 3.05) is 40.9 Å². The van der Waals surface area contributed by atoms with Gasteiger partial charge in [-0.3, -0.25) is 9.36 Å². The fraction of sp³-hybridized carbons (Fsp3) is 0.950. The van der Waals surface area contributed by atoms with Gasteiger partial charge in [0, 0.05) is 6.42 Å². The molecular weight excluding hydrogens is 876 g/mol. The smallest absolute Gasteiger partial charge is 0.268 e. The van der Waals surface area contributed by atoms with Gasteiger partial charge in [-0.2, -0.15) is 0 Å². The summed E-state index contributed by atoms with van der Waals surface area (Å²) in [6.45, 7) is 4.74. The number of aliphatic hydroxyl groups excluding tert-OH is 1. The molecule has 0 aromatic heterocycles. The summed E-state index contributed by atoms with van der Waals surface area (Å²) in [5.74, 6) is -0.169. The van der Waals surface area contributed by atoms with E-state index in [2.05, 4.69) is 31.3 Å². The van der Waals surface area contributed by atoms with Crippen LogP contribution < -0.4 is 10.2 Å². The number of nitrogens with zero attached hydrogens (tertiary/aromatic N) is 1. The van der Waals surface area contributed by atoms with E-state index in [1.807, 2.05) is 21.1 Å². The van der Waals surface area contributed by atoms with Gasteiger partial charge in [0.25, 0.3) is 7.82 Å². The standard InChI is InChI=1S/C60H121N2O6P/c1-6-8-10-12-14-16-18-20-22-23-24-25-26-27-28-29-30-31-32-33-34-35-36-37-38-39-40-41-43-45-47-49-51-53-59(63)58(57-68-69(65,66)67-56-55-62(3,4)5)61-60(64)54-52-50-48-46-44-42-21-19-17-15-13-11-9-7-2/h19,21,58-59,63H,6-18,20,22-57H2,1-5H3,(H-,61,64,65,66)/b21-19-. The number of amides is 1. The van der Waals surface area contributed by atoms with Crippen LogP contribution >= 0.6 is 7.82 Å². The van der Waals surface area contributed by atoms with Crippen molar-refractivity contribution < 1.29 is 32.9 Å². The van der Waals surface area contributed by atoms with Crippen molar-refractivity contribution in [3.05, 3.63) is 12.2 Å². The van der Waals surface area contributed by atoms with E-state index in [-0.39, 0.29) is 19.1 Å². The van der Waals surface area contributed by atoms with E-state index in [0.717, 1.165) is 51.4 Å². The molecule has 0 aromatic carbocycles. The van der Waals surface area contributed by atoms with E-state index in [9.17, 15) is 19.4 Å². The highest BCUT2D eigenvalue weighted by atomic mass is 31.2. The molecule has 412 valence electrons. The Balaban J connectivity index is 3.96. The maximum Gasteiger partial charge on any atom is 0.268 e. The minimum absolute atomic E-state index is 0.0129. The summed E-state index contributed by atoms with van der Waals surface area (Å²) in [5.41, 5.74) is 0. The Hall–Kier alpha value is -0.760. The van der Waals surface area contributed by atoms with Gasteiger partial charge in [0.2, 0.25) is 5.91 Å². The van der Waals surface area contributed by atoms with E-state index in [0.29, 0.717) is 23.9 Å². The lowest BCUT2D eigenvalue weighted by Crippen LogP contribution is -2.46. The quantitative estimate of drug-likeness (QED) is 0.0272. The molecule has 8 nitrogen and oxygen atoms in total. The number of likely N-dealkylation sites (N-methyl/N-ethyl adjacent to an activating group) is 1. The zero-order chi connectivity index (χ0) is 50.6. The van der Waals surface area contributed by atoms with Crippen LogP contribution in [0, 0.1) is 0 Å². The summed E-state index contributed by atoms with van der Waals surface area (Å²) in [5, 5.41) is 14.0. The van der Waals surface area contributed by atoms with Crippen LogP contribution in [0.3, 0.4) is 0 Å². The Morgan fingerprint density at radius 3 is 1.13 bits per heavy atom. The predicted octanol–water partition coefficient (Wildman–Crippen LogP) is 18.0. The molecule has 0 aliphatic heterocycles. The number of aliphatic hydroxyl groups is 1. The van der Waals surface area contributed by atoms with Crippen LogP contribution in [0.1, 0.15) is 316 Å². The van der Waals surface area contributed by atoms with Gasteiger partial charge >= 0.3 is 0 Å². The van der Waals surface area contributed by atoms with Gasteiger partial charge in [-0.15, -0.1) is 0 Å². The molecule has 9 heteroatoms. The fourth-order valence-electron chi connectivity index (χ4n) is 9.45. The second-order valence-electron chi connectivity index (χ2n) is 22.4. The van der Waals surface area contributed by atoms with Gasteiger partial charge in [0.05, 0.1) is 39.9 Å². The number of quaternary nitrogens is 1. The number of nitrogens with one attached hydrogen (secondary N) is 1. The number of hydrogen-bond acceptors (Lipinski definition) is 6. The summed E-state index contributed by atoms with van der Waals surface area (Å²) in [6.07, 6.45) is 64.2. The number of unbranched alkanes of at least 4 members (excludes halogenated alkanes) is 42. The summed E-state index contributed by atoms with van der Waals surface area (Å²) in [7, 11) is 1.31. The second-order valence-corrected chi connectivity index (χ2v) is 23.8. The largest absolute Gasteiger partial charge is 0.756 e. The van der Waals surface area contributed by atoms with Crippen LogP contribution in [0.4, 0.5) is 0 Å². The molecule has 0 aromatic rings. The van der Waals surface area contributed by atoms with Gasteiger partial charge in [-0.05, 0) is 38.5 Å². The summed E-state index contributed by atoms with van der Waals surface area (Å²) in [6, 6.07) is -0.802. The van der Waals surface area contributed by atoms with Crippen LogP contribution in [0.25, 0.3) is 0 Å². The molecule has 0 bridgehead atoms. The van der Waals surface area contributed by atoms with Crippen LogP contribution in [0.2, 0.25) is 0 Å². The molecule has 0 heterocycles. The molecule has 2 N–H and O–H groups in total. The molecule has 0 saturated carbocycles. The lowest BCUT2D eigenvalue weighted by atomic mass is 10.0. The van der Waals surface area contributed by atoms with Crippen molar-refractivity contribution in [1.82, 2.24) is 5.32 Å². The molecule has 3 atom stereocenters. The highest BCUT2D eigenvalue weighted by Crippen LogP contribution is 2.38. The Morgan fingerprint density at radius 1 is 0.493 bits per heavy atom. The first-order valence-corrected chi connectivity index (χ1v) is 32.0. The van der Waals surface area contributed by atoms with E-state index >= 15 is 0 Å². The van der Waals surface area contributed by atoms with Crippen molar-refractivity contribution in [2.24, 2.45) is 0 Å². The predicted molar refractivity (Wildman–Crippen MR) is 298 cm³/mol. The highest BCUT2D eigenvalue weighted by Gasteiger charge is 2.24. The Bertz CT molecular complexity index is 1130. The summed E-state index contributed by atoms with van der Waals surface area (Å²) < 4.78 is 23.4. The van der Waals surface area contributed by atoms with Gasteiger partial charge in [0.1, 0.15) is 13.2 Å². The first kappa shape index (κ1) is 68.2. The topological polar surface area (TPSA) is 108 Å². The average molecular weight is 998 g/mol. The number of phosphoric acid groups is 1. The van der Waals surface area contributed by atoms with Crippen LogP contribution in [0.15, 0.2) is 12.2 Å². The number of hydrogen-bond donors (Lipinski definition) is 2. The zero-order valence-electron chi connectivity index (χ0n) is 47.0. The Morgan fingerprint density at radius 2 is 0.797 bits per heavy atom. The molecule has 0 rings (SSSR count). The van der Waals surface area contributed by atoms with E-state index in [1.165, 1.54) is 238 Å². The minimum atomic E-state index is -4.57. The number of carbonyl (C=O) groups is 1. The van der Waals surface area contributed by atoms with Crippen LogP contribution in [0.5, 0.6) is 0 Å². The van der Waals surface area contributed by atoms with Crippen LogP contribution in [-0.2, 0) is 18.4 Å². The highest BCUT2D eigenvalue weighted by molar-refractivity contribution is 7.45. The molecule has 1 amide bonds. The molecule has 0 aliphatic rings.